The molecular formula is C28H23N3O5. The van der Waals surface area contributed by atoms with Crippen LogP contribution >= 0.6 is 0 Å². The van der Waals surface area contributed by atoms with E-state index in [1.807, 2.05) is 48.5 Å². The van der Waals surface area contributed by atoms with Crippen LogP contribution in [-0.4, -0.2) is 28.8 Å². The van der Waals surface area contributed by atoms with Gasteiger partial charge in [0, 0.05) is 11.4 Å². The van der Waals surface area contributed by atoms with E-state index in [-0.39, 0.29) is 18.2 Å². The van der Waals surface area contributed by atoms with E-state index in [1.165, 1.54) is 11.2 Å². The lowest BCUT2D eigenvalue weighted by Gasteiger charge is -2.24. The number of anilines is 2. The Hall–Kier alpha value is -4.85. The van der Waals surface area contributed by atoms with Crippen LogP contribution < -0.4 is 10.6 Å². The molecule has 1 aromatic heterocycles. The Labute approximate surface area is 207 Å². The zero-order chi connectivity index (χ0) is 24.9. The number of hydrogen-bond donors (Lipinski definition) is 2. The predicted octanol–water partition coefficient (Wildman–Crippen LogP) is 5.23. The number of nitrogens with zero attached hydrogens (tertiary/aromatic N) is 1. The molecule has 0 saturated carbocycles. The third kappa shape index (κ3) is 4.97. The number of nitrogens with one attached hydrogen (secondary N) is 2. The highest BCUT2D eigenvalue weighted by atomic mass is 16.6. The molecular weight excluding hydrogens is 458 g/mol. The number of cyclic esters (lactones) is 1. The number of benzene rings is 3. The monoisotopic (exact) mass is 481 g/mol. The highest BCUT2D eigenvalue weighted by Gasteiger charge is 2.47. The molecule has 0 aliphatic carbocycles. The van der Waals surface area contributed by atoms with Gasteiger partial charge in [0.25, 0.3) is 11.8 Å². The smallest absolute Gasteiger partial charge is 0.411 e. The van der Waals surface area contributed by atoms with Gasteiger partial charge in [-0.15, -0.1) is 0 Å². The van der Waals surface area contributed by atoms with E-state index in [9.17, 15) is 14.4 Å². The van der Waals surface area contributed by atoms with Gasteiger partial charge in [0.1, 0.15) is 0 Å². The van der Waals surface area contributed by atoms with E-state index in [1.54, 1.807) is 48.5 Å². The maximum Gasteiger partial charge on any atom is 0.411 e. The Morgan fingerprint density at radius 2 is 1.53 bits per heavy atom. The predicted molar refractivity (Wildman–Crippen MR) is 133 cm³/mol. The van der Waals surface area contributed by atoms with Crippen molar-refractivity contribution < 1.29 is 23.5 Å². The molecule has 0 unspecified atom stereocenters. The number of carbonyl (C=O) groups is 3. The highest BCUT2D eigenvalue weighted by molar-refractivity contribution is 6.02. The van der Waals surface area contributed by atoms with Crippen molar-refractivity contribution >= 4 is 29.3 Å². The van der Waals surface area contributed by atoms with Crippen molar-refractivity contribution in [2.75, 3.05) is 10.6 Å². The quantitative estimate of drug-likeness (QED) is 0.376. The molecule has 8 heteroatoms. The SMILES string of the molecule is O=C(Nc1cccc([C@@H]2OC(=O)N(Cc3ccccc3)[C@H]2C(=O)Nc2ccccc2)c1)c1ccco1. The molecule has 0 bridgehead atoms. The highest BCUT2D eigenvalue weighted by Crippen LogP contribution is 2.35. The lowest BCUT2D eigenvalue weighted by molar-refractivity contribution is -0.121. The minimum Gasteiger partial charge on any atom is -0.459 e. The summed E-state index contributed by atoms with van der Waals surface area (Å²) in [5, 5.41) is 5.66. The molecule has 1 fully saturated rings. The van der Waals surface area contributed by atoms with Crippen molar-refractivity contribution in [3.05, 3.63) is 120 Å². The average molecular weight is 482 g/mol. The molecule has 2 atom stereocenters. The molecule has 180 valence electrons. The van der Waals surface area contributed by atoms with Crippen LogP contribution in [0.3, 0.4) is 0 Å². The fourth-order valence-electron chi connectivity index (χ4n) is 4.12. The standard InChI is InChI=1S/C28H23N3O5/c32-26(23-15-8-16-35-23)30-22-14-7-11-20(17-22)25-24(27(33)29-21-12-5-2-6-13-21)31(28(34)36-25)18-19-9-3-1-4-10-19/h1-17,24-25H,18H2,(H,29,33)(H,30,32)/t24-,25+/m1/s1. The van der Waals surface area contributed by atoms with E-state index in [0.29, 0.717) is 16.9 Å². The number of furan rings is 1. The topological polar surface area (TPSA) is 101 Å². The second-order valence-corrected chi connectivity index (χ2v) is 8.27. The van der Waals surface area contributed by atoms with Gasteiger partial charge in [0.15, 0.2) is 17.9 Å². The Bertz CT molecular complexity index is 1360. The average Bonchev–Trinajstić information content (AvgIpc) is 3.54. The molecule has 3 aromatic carbocycles. The summed E-state index contributed by atoms with van der Waals surface area (Å²) < 4.78 is 10.9. The maximum atomic E-state index is 13.5. The largest absolute Gasteiger partial charge is 0.459 e. The molecule has 0 spiro atoms. The lowest BCUT2D eigenvalue weighted by atomic mass is 10.00. The summed E-state index contributed by atoms with van der Waals surface area (Å²) in [7, 11) is 0. The van der Waals surface area contributed by atoms with Crippen LogP contribution in [0.5, 0.6) is 0 Å². The van der Waals surface area contributed by atoms with Gasteiger partial charge in [-0.25, -0.2) is 4.79 Å². The Balaban J connectivity index is 1.44. The number of hydrogen-bond acceptors (Lipinski definition) is 5. The molecule has 1 saturated heterocycles. The molecule has 0 radical (unpaired) electrons. The molecule has 36 heavy (non-hydrogen) atoms. The van der Waals surface area contributed by atoms with Crippen LogP contribution in [0, 0.1) is 0 Å². The summed E-state index contributed by atoms with van der Waals surface area (Å²) in [5.41, 5.74) is 2.53. The Morgan fingerprint density at radius 3 is 2.25 bits per heavy atom. The normalized spacial score (nSPS) is 16.9. The fraction of sp³-hybridized carbons (Fsp3) is 0.107. The molecule has 4 aromatic rings. The van der Waals surface area contributed by atoms with Crippen LogP contribution in [0.25, 0.3) is 0 Å². The van der Waals surface area contributed by atoms with E-state index in [0.717, 1.165) is 5.56 Å². The second-order valence-electron chi connectivity index (χ2n) is 8.27. The summed E-state index contributed by atoms with van der Waals surface area (Å²) in [6.07, 6.45) is -0.0619. The van der Waals surface area contributed by atoms with E-state index >= 15 is 0 Å². The second kappa shape index (κ2) is 10.2. The summed E-state index contributed by atoms with van der Waals surface area (Å²) in [5.74, 6) is -0.621. The van der Waals surface area contributed by atoms with Crippen molar-refractivity contribution in [2.24, 2.45) is 0 Å². The number of amides is 3. The third-order valence-corrected chi connectivity index (χ3v) is 5.81. The van der Waals surface area contributed by atoms with E-state index < -0.39 is 24.1 Å². The first-order valence-corrected chi connectivity index (χ1v) is 11.4. The Kier molecular flexibility index (Phi) is 6.48. The van der Waals surface area contributed by atoms with Crippen molar-refractivity contribution in [3.63, 3.8) is 0 Å². The van der Waals surface area contributed by atoms with Gasteiger partial charge in [-0.05, 0) is 47.5 Å². The van der Waals surface area contributed by atoms with Crippen molar-refractivity contribution in [1.82, 2.24) is 4.90 Å². The first-order chi connectivity index (χ1) is 17.6. The van der Waals surface area contributed by atoms with Crippen LogP contribution in [0.4, 0.5) is 16.2 Å². The van der Waals surface area contributed by atoms with Gasteiger partial charge in [-0.3, -0.25) is 14.5 Å². The molecule has 5 rings (SSSR count). The van der Waals surface area contributed by atoms with Gasteiger partial charge >= 0.3 is 6.09 Å². The molecule has 2 N–H and O–H groups in total. The maximum absolute atomic E-state index is 13.5. The summed E-state index contributed by atoms with van der Waals surface area (Å²) in [4.78, 5) is 40.3. The van der Waals surface area contributed by atoms with Gasteiger partial charge in [-0.2, -0.15) is 0 Å². The zero-order valence-electron chi connectivity index (χ0n) is 19.2. The molecule has 1 aliphatic heterocycles. The third-order valence-electron chi connectivity index (χ3n) is 5.81. The van der Waals surface area contributed by atoms with Crippen LogP contribution in [0.1, 0.15) is 27.8 Å². The fourth-order valence-corrected chi connectivity index (χ4v) is 4.12. The first kappa shape index (κ1) is 22.9. The van der Waals surface area contributed by atoms with Crippen LogP contribution in [-0.2, 0) is 16.1 Å². The molecule has 2 heterocycles. The first-order valence-electron chi connectivity index (χ1n) is 11.4. The van der Waals surface area contributed by atoms with Gasteiger partial charge in [0.2, 0.25) is 0 Å². The number of rotatable bonds is 7. The molecule has 3 amide bonds. The van der Waals surface area contributed by atoms with Crippen molar-refractivity contribution in [2.45, 2.75) is 18.7 Å². The molecule has 1 aliphatic rings. The minimum absolute atomic E-state index is 0.168. The van der Waals surface area contributed by atoms with Gasteiger partial charge in [-0.1, -0.05) is 60.7 Å². The Morgan fingerprint density at radius 1 is 0.806 bits per heavy atom. The zero-order valence-corrected chi connectivity index (χ0v) is 19.2. The van der Waals surface area contributed by atoms with E-state index in [4.69, 9.17) is 9.15 Å². The summed E-state index contributed by atoms with van der Waals surface area (Å²) in [6, 6.07) is 27.6. The summed E-state index contributed by atoms with van der Waals surface area (Å²) >= 11 is 0. The van der Waals surface area contributed by atoms with Crippen molar-refractivity contribution in [1.29, 1.82) is 0 Å². The van der Waals surface area contributed by atoms with Gasteiger partial charge < -0.3 is 19.8 Å². The van der Waals surface area contributed by atoms with Crippen LogP contribution in [0.15, 0.2) is 108 Å². The summed E-state index contributed by atoms with van der Waals surface area (Å²) in [6.45, 7) is 0.206. The van der Waals surface area contributed by atoms with E-state index in [2.05, 4.69) is 10.6 Å². The van der Waals surface area contributed by atoms with Gasteiger partial charge in [0.05, 0.1) is 12.8 Å². The molecule has 8 nitrogen and oxygen atoms in total. The van der Waals surface area contributed by atoms with Crippen molar-refractivity contribution in [3.8, 4) is 0 Å². The number of para-hydroxylation sites is 1. The minimum atomic E-state index is -0.936. The van der Waals surface area contributed by atoms with Crippen LogP contribution in [0.2, 0.25) is 0 Å². The number of ether oxygens (including phenoxy) is 1. The lowest BCUT2D eigenvalue weighted by Crippen LogP contribution is -2.43. The number of carbonyl (C=O) groups excluding carboxylic acids is 3.